The van der Waals surface area contributed by atoms with Gasteiger partial charge in [0, 0.05) is 20.3 Å². The number of nitrogens with zero attached hydrogens (tertiary/aromatic N) is 3. The zero-order chi connectivity index (χ0) is 18.7. The lowest BCUT2D eigenvalue weighted by atomic mass is 10.2. The number of nitrogens with one attached hydrogen (secondary N) is 1. The van der Waals surface area contributed by atoms with Gasteiger partial charge in [-0.15, -0.1) is 0 Å². The van der Waals surface area contributed by atoms with Crippen molar-refractivity contribution in [1.82, 2.24) is 9.13 Å². The molecule has 1 heterocycles. The van der Waals surface area contributed by atoms with Crippen molar-refractivity contribution in [3.8, 4) is 6.07 Å². The summed E-state index contributed by atoms with van der Waals surface area (Å²) in [5.41, 5.74) is -1.21. The lowest BCUT2D eigenvalue weighted by Crippen LogP contribution is -2.37. The molecule has 1 N–H and O–H groups in total. The Balaban J connectivity index is 2.44. The summed E-state index contributed by atoms with van der Waals surface area (Å²) in [6.07, 6.45) is 2.36. The Morgan fingerprint density at radius 1 is 1.28 bits per heavy atom. The van der Waals surface area contributed by atoms with Gasteiger partial charge in [-0.1, -0.05) is 29.3 Å². The average Bonchev–Trinajstić information content (AvgIpc) is 2.59. The molecule has 128 valence electrons. The van der Waals surface area contributed by atoms with Crippen molar-refractivity contribution < 1.29 is 4.79 Å². The molecule has 7 nitrogen and oxygen atoms in total. The van der Waals surface area contributed by atoms with E-state index in [4.69, 9.17) is 23.2 Å². The minimum Gasteiger partial charge on any atom is -0.320 e. The van der Waals surface area contributed by atoms with Gasteiger partial charge in [0.1, 0.15) is 11.6 Å². The summed E-state index contributed by atoms with van der Waals surface area (Å²) in [7, 11) is 2.76. The molecule has 1 aromatic heterocycles. The first-order valence-corrected chi connectivity index (χ1v) is 7.65. The van der Waals surface area contributed by atoms with Gasteiger partial charge in [-0.2, -0.15) is 5.26 Å². The maximum absolute atomic E-state index is 12.3. The van der Waals surface area contributed by atoms with Crippen molar-refractivity contribution in [3.63, 3.8) is 0 Å². The largest absolute Gasteiger partial charge is 0.330 e. The van der Waals surface area contributed by atoms with Gasteiger partial charge in [0.15, 0.2) is 0 Å². The van der Waals surface area contributed by atoms with Crippen LogP contribution in [0, 0.1) is 11.3 Å². The molecule has 1 amide bonds. The number of hydrogen-bond donors (Lipinski definition) is 1. The van der Waals surface area contributed by atoms with Crippen molar-refractivity contribution in [3.05, 3.63) is 66.4 Å². The van der Waals surface area contributed by atoms with Crippen LogP contribution in [-0.4, -0.2) is 15.0 Å². The van der Waals surface area contributed by atoms with E-state index in [1.54, 1.807) is 18.2 Å². The second-order valence-electron chi connectivity index (χ2n) is 5.07. The monoisotopic (exact) mass is 378 g/mol. The first kappa shape index (κ1) is 18.5. The highest BCUT2D eigenvalue weighted by Gasteiger charge is 2.14. The average molecular weight is 379 g/mol. The molecule has 0 saturated heterocycles. The minimum absolute atomic E-state index is 0.0218. The zero-order valence-corrected chi connectivity index (χ0v) is 14.7. The van der Waals surface area contributed by atoms with Gasteiger partial charge in [-0.25, -0.2) is 4.79 Å². The number of carbonyl (C=O) groups excluding carboxylic acids is 1. The van der Waals surface area contributed by atoms with E-state index in [-0.39, 0.29) is 26.9 Å². The molecule has 0 saturated carbocycles. The number of rotatable bonds is 3. The Labute approximate surface area is 152 Å². The number of hydrogen-bond acceptors (Lipinski definition) is 4. The standard InChI is InChI=1S/C16H12Cl2N4O3/c1-21-8-10(15(24)22(2)16(21)25)6-9(7-19)14(23)20-12-5-3-4-11(17)13(12)18/h3-6,8H,1-2H3,(H,20,23)/b9-6+. The van der Waals surface area contributed by atoms with Crippen molar-refractivity contribution in [2.45, 2.75) is 0 Å². The Bertz CT molecular complexity index is 1040. The summed E-state index contributed by atoms with van der Waals surface area (Å²) in [5, 5.41) is 12.1. The molecular weight excluding hydrogens is 367 g/mol. The van der Waals surface area contributed by atoms with Crippen LogP contribution in [0.15, 0.2) is 39.6 Å². The Hall–Kier alpha value is -2.82. The van der Waals surface area contributed by atoms with E-state index in [0.29, 0.717) is 0 Å². The smallest absolute Gasteiger partial charge is 0.320 e. The third-order valence-corrected chi connectivity index (χ3v) is 4.16. The van der Waals surface area contributed by atoms with Gasteiger partial charge in [0.2, 0.25) is 0 Å². The second-order valence-corrected chi connectivity index (χ2v) is 5.85. The molecule has 0 bridgehead atoms. The minimum atomic E-state index is -0.762. The highest BCUT2D eigenvalue weighted by Crippen LogP contribution is 2.29. The third kappa shape index (κ3) is 3.82. The summed E-state index contributed by atoms with van der Waals surface area (Å²) in [6.45, 7) is 0. The van der Waals surface area contributed by atoms with E-state index in [9.17, 15) is 19.6 Å². The first-order chi connectivity index (χ1) is 11.8. The van der Waals surface area contributed by atoms with Crippen LogP contribution in [0.25, 0.3) is 6.08 Å². The van der Waals surface area contributed by atoms with Gasteiger partial charge < -0.3 is 9.88 Å². The number of nitriles is 1. The summed E-state index contributed by atoms with van der Waals surface area (Å²) in [6, 6.07) is 6.38. The van der Waals surface area contributed by atoms with Crippen LogP contribution < -0.4 is 16.6 Å². The molecule has 0 spiro atoms. The predicted octanol–water partition coefficient (Wildman–Crippen LogP) is 1.94. The molecule has 1 aromatic carbocycles. The summed E-state index contributed by atoms with van der Waals surface area (Å²) in [4.78, 5) is 36.1. The van der Waals surface area contributed by atoms with E-state index in [0.717, 1.165) is 10.6 Å². The molecule has 0 aliphatic rings. The molecule has 2 aromatic rings. The number of amides is 1. The van der Waals surface area contributed by atoms with Crippen LogP contribution in [0.2, 0.25) is 10.0 Å². The van der Waals surface area contributed by atoms with Gasteiger partial charge in [0.25, 0.3) is 11.5 Å². The summed E-state index contributed by atoms with van der Waals surface area (Å²) < 4.78 is 2.06. The zero-order valence-electron chi connectivity index (χ0n) is 13.2. The van der Waals surface area contributed by atoms with Gasteiger partial charge >= 0.3 is 5.69 Å². The van der Waals surface area contributed by atoms with Crippen LogP contribution >= 0.6 is 23.2 Å². The van der Waals surface area contributed by atoms with Crippen molar-refractivity contribution in [2.24, 2.45) is 14.1 Å². The van der Waals surface area contributed by atoms with Crippen LogP contribution in [0.5, 0.6) is 0 Å². The highest BCUT2D eigenvalue weighted by atomic mass is 35.5. The Kier molecular flexibility index (Phi) is 5.47. The van der Waals surface area contributed by atoms with E-state index in [1.807, 2.05) is 0 Å². The fourth-order valence-corrected chi connectivity index (χ4v) is 2.38. The van der Waals surface area contributed by atoms with E-state index in [2.05, 4.69) is 5.32 Å². The van der Waals surface area contributed by atoms with E-state index >= 15 is 0 Å². The van der Waals surface area contributed by atoms with Crippen molar-refractivity contribution in [2.75, 3.05) is 5.32 Å². The quantitative estimate of drug-likeness (QED) is 0.651. The third-order valence-electron chi connectivity index (χ3n) is 3.34. The highest BCUT2D eigenvalue weighted by molar-refractivity contribution is 6.44. The number of carbonyl (C=O) groups is 1. The number of anilines is 1. The van der Waals surface area contributed by atoms with Gasteiger partial charge in [-0.3, -0.25) is 14.2 Å². The topological polar surface area (TPSA) is 96.9 Å². The first-order valence-electron chi connectivity index (χ1n) is 6.90. The molecule has 0 fully saturated rings. The predicted molar refractivity (Wildman–Crippen MR) is 95.6 cm³/mol. The van der Waals surface area contributed by atoms with Gasteiger partial charge in [-0.05, 0) is 18.2 Å². The number of aromatic nitrogens is 2. The number of aryl methyl sites for hydroxylation is 1. The maximum atomic E-state index is 12.3. The fraction of sp³-hybridized carbons (Fsp3) is 0.125. The normalized spacial score (nSPS) is 11.1. The van der Waals surface area contributed by atoms with E-state index in [1.165, 1.54) is 30.9 Å². The summed E-state index contributed by atoms with van der Waals surface area (Å²) in [5.74, 6) is -0.762. The Morgan fingerprint density at radius 3 is 2.60 bits per heavy atom. The molecule has 9 heteroatoms. The van der Waals surface area contributed by atoms with Crippen molar-refractivity contribution >= 4 is 40.9 Å². The van der Waals surface area contributed by atoms with Crippen LogP contribution in [0.4, 0.5) is 5.69 Å². The van der Waals surface area contributed by atoms with Gasteiger partial charge in [0.05, 0.1) is 21.3 Å². The molecule has 2 rings (SSSR count). The van der Waals surface area contributed by atoms with Crippen LogP contribution in [0.3, 0.4) is 0 Å². The lowest BCUT2D eigenvalue weighted by Gasteiger charge is -2.08. The summed E-state index contributed by atoms with van der Waals surface area (Å²) >= 11 is 11.9. The van der Waals surface area contributed by atoms with E-state index < -0.39 is 17.2 Å². The maximum Gasteiger partial charge on any atom is 0.330 e. The second kappa shape index (κ2) is 7.38. The fourth-order valence-electron chi connectivity index (χ4n) is 2.03. The molecule has 0 aliphatic heterocycles. The molecule has 0 atom stereocenters. The lowest BCUT2D eigenvalue weighted by molar-refractivity contribution is -0.112. The van der Waals surface area contributed by atoms with Crippen molar-refractivity contribution in [1.29, 1.82) is 5.26 Å². The SMILES string of the molecule is Cn1cc(/C=C(\C#N)C(=O)Nc2cccc(Cl)c2Cl)c(=O)n(C)c1=O. The molecule has 25 heavy (non-hydrogen) atoms. The number of halogens is 2. The Morgan fingerprint density at radius 2 is 1.96 bits per heavy atom. The molecule has 0 unspecified atom stereocenters. The molecular formula is C16H12Cl2N4O3. The van der Waals surface area contributed by atoms with Crippen LogP contribution in [-0.2, 0) is 18.9 Å². The number of benzene rings is 1. The van der Waals surface area contributed by atoms with Crippen LogP contribution in [0.1, 0.15) is 5.56 Å². The molecule has 0 aliphatic carbocycles. The molecule has 0 radical (unpaired) electrons.